The second kappa shape index (κ2) is 8.35. The van der Waals surface area contributed by atoms with Gasteiger partial charge >= 0.3 is 0 Å². The number of hydrogen-bond acceptors (Lipinski definition) is 5. The van der Waals surface area contributed by atoms with Crippen LogP contribution in [0, 0.1) is 6.92 Å². The quantitative estimate of drug-likeness (QED) is 0.764. The van der Waals surface area contributed by atoms with Gasteiger partial charge in [0.05, 0.1) is 10.7 Å². The second-order valence-electron chi connectivity index (χ2n) is 5.49. The summed E-state index contributed by atoms with van der Waals surface area (Å²) < 4.78 is 5.78. The summed E-state index contributed by atoms with van der Waals surface area (Å²) in [4.78, 5) is 18.4. The summed E-state index contributed by atoms with van der Waals surface area (Å²) in [6.45, 7) is 4.12. The molecule has 0 bridgehead atoms. The summed E-state index contributed by atoms with van der Waals surface area (Å²) in [5, 5.41) is 3.05. The van der Waals surface area contributed by atoms with Crippen molar-refractivity contribution in [2.75, 3.05) is 24.6 Å². The molecular weight excluding hydrogens is 340 g/mol. The van der Waals surface area contributed by atoms with Crippen LogP contribution in [0.1, 0.15) is 16.3 Å². The Morgan fingerprint density at radius 3 is 2.96 bits per heavy atom. The van der Waals surface area contributed by atoms with Gasteiger partial charge in [0, 0.05) is 36.1 Å². The molecule has 0 radical (unpaired) electrons. The van der Waals surface area contributed by atoms with Crippen molar-refractivity contribution in [2.24, 2.45) is 0 Å². The minimum Gasteiger partial charge on any atom is -0.487 e. The fourth-order valence-electron chi connectivity index (χ4n) is 2.40. The molecule has 1 aromatic heterocycles. The predicted molar refractivity (Wildman–Crippen MR) is 101 cm³/mol. The molecule has 1 aliphatic heterocycles. The van der Waals surface area contributed by atoms with Crippen LogP contribution in [0.15, 0.2) is 35.7 Å². The molecule has 24 heavy (non-hydrogen) atoms. The minimum atomic E-state index is 0.0829. The minimum absolute atomic E-state index is 0.0829. The zero-order chi connectivity index (χ0) is 16.8. The Kier molecular flexibility index (Phi) is 5.93. The first-order valence-corrected chi connectivity index (χ1v) is 9.93. The third kappa shape index (κ3) is 4.85. The van der Waals surface area contributed by atoms with Gasteiger partial charge in [-0.3, -0.25) is 4.79 Å². The highest BCUT2D eigenvalue weighted by atomic mass is 32.2. The van der Waals surface area contributed by atoms with E-state index in [0.29, 0.717) is 6.61 Å². The van der Waals surface area contributed by atoms with Crippen LogP contribution < -0.4 is 4.74 Å². The van der Waals surface area contributed by atoms with E-state index in [0.717, 1.165) is 46.6 Å². The number of carbonyl (C=O) groups excluding carboxylic acids is 1. The normalized spacial score (nSPS) is 15.0. The maximum Gasteiger partial charge on any atom is 0.246 e. The molecule has 0 unspecified atom stereocenters. The molecule has 0 saturated carbocycles. The number of nitrogens with zero attached hydrogens (tertiary/aromatic N) is 2. The fourth-order valence-corrected chi connectivity index (χ4v) is 3.90. The summed E-state index contributed by atoms with van der Waals surface area (Å²) >= 11 is 3.52. The molecule has 1 saturated heterocycles. The van der Waals surface area contributed by atoms with E-state index in [4.69, 9.17) is 4.74 Å². The molecule has 6 heteroatoms. The number of aromatic nitrogens is 1. The van der Waals surface area contributed by atoms with Gasteiger partial charge < -0.3 is 9.64 Å². The Morgan fingerprint density at radius 2 is 2.21 bits per heavy atom. The van der Waals surface area contributed by atoms with Crippen LogP contribution in [-0.2, 0) is 11.4 Å². The molecule has 1 fully saturated rings. The number of thioether (sulfide) groups is 1. The van der Waals surface area contributed by atoms with Gasteiger partial charge in [0.25, 0.3) is 0 Å². The number of rotatable bonds is 5. The topological polar surface area (TPSA) is 42.4 Å². The monoisotopic (exact) mass is 360 g/mol. The van der Waals surface area contributed by atoms with Gasteiger partial charge in [-0.2, -0.15) is 11.8 Å². The SMILES string of the molecule is Cc1nc(COc2cccc(/C=C/C(=O)N3CCSCC3)c2)cs1. The highest BCUT2D eigenvalue weighted by Gasteiger charge is 2.13. The summed E-state index contributed by atoms with van der Waals surface area (Å²) in [5.74, 6) is 2.92. The molecular formula is C18H20N2O2S2. The number of benzene rings is 1. The van der Waals surface area contributed by atoms with Crippen LogP contribution in [0.4, 0.5) is 0 Å². The van der Waals surface area contributed by atoms with Gasteiger partial charge in [-0.25, -0.2) is 4.98 Å². The Morgan fingerprint density at radius 1 is 1.38 bits per heavy atom. The van der Waals surface area contributed by atoms with Crippen molar-refractivity contribution in [1.29, 1.82) is 0 Å². The van der Waals surface area contributed by atoms with E-state index < -0.39 is 0 Å². The van der Waals surface area contributed by atoms with Crippen molar-refractivity contribution in [2.45, 2.75) is 13.5 Å². The summed E-state index contributed by atoms with van der Waals surface area (Å²) in [7, 11) is 0. The lowest BCUT2D eigenvalue weighted by Gasteiger charge is -2.25. The molecule has 1 aliphatic rings. The summed E-state index contributed by atoms with van der Waals surface area (Å²) in [5.41, 5.74) is 1.90. The Balaban J connectivity index is 1.58. The summed E-state index contributed by atoms with van der Waals surface area (Å²) in [6, 6.07) is 7.76. The van der Waals surface area contributed by atoms with E-state index in [1.807, 2.05) is 59.3 Å². The van der Waals surface area contributed by atoms with E-state index in [2.05, 4.69) is 4.98 Å². The maximum atomic E-state index is 12.2. The van der Waals surface area contributed by atoms with Crippen molar-refractivity contribution in [3.63, 3.8) is 0 Å². The first-order chi connectivity index (χ1) is 11.7. The van der Waals surface area contributed by atoms with Crippen LogP contribution >= 0.6 is 23.1 Å². The average molecular weight is 361 g/mol. The van der Waals surface area contributed by atoms with Crippen molar-refractivity contribution < 1.29 is 9.53 Å². The third-order valence-corrected chi connectivity index (χ3v) is 5.42. The van der Waals surface area contributed by atoms with Crippen LogP contribution in [0.25, 0.3) is 6.08 Å². The number of ether oxygens (including phenoxy) is 1. The van der Waals surface area contributed by atoms with Crippen LogP contribution in [0.2, 0.25) is 0 Å². The summed E-state index contributed by atoms with van der Waals surface area (Å²) in [6.07, 6.45) is 3.50. The Labute approximate surface area is 150 Å². The largest absolute Gasteiger partial charge is 0.487 e. The van der Waals surface area contributed by atoms with Gasteiger partial charge in [0.15, 0.2) is 0 Å². The van der Waals surface area contributed by atoms with Gasteiger partial charge in [-0.05, 0) is 30.7 Å². The molecule has 4 nitrogen and oxygen atoms in total. The zero-order valence-electron chi connectivity index (χ0n) is 13.6. The highest BCUT2D eigenvalue weighted by molar-refractivity contribution is 7.99. The van der Waals surface area contributed by atoms with E-state index in [-0.39, 0.29) is 5.91 Å². The van der Waals surface area contributed by atoms with Crippen molar-refractivity contribution in [3.8, 4) is 5.75 Å². The first kappa shape index (κ1) is 17.0. The lowest BCUT2D eigenvalue weighted by atomic mass is 10.2. The Bertz CT molecular complexity index is 721. The zero-order valence-corrected chi connectivity index (χ0v) is 15.2. The third-order valence-electron chi connectivity index (χ3n) is 3.65. The van der Waals surface area contributed by atoms with E-state index in [1.165, 1.54) is 0 Å². The molecule has 2 aromatic rings. The van der Waals surface area contributed by atoms with Crippen LogP contribution in [0.5, 0.6) is 5.75 Å². The first-order valence-electron chi connectivity index (χ1n) is 7.89. The molecule has 1 aromatic carbocycles. The van der Waals surface area contributed by atoms with Gasteiger partial charge in [-0.15, -0.1) is 11.3 Å². The lowest BCUT2D eigenvalue weighted by Crippen LogP contribution is -2.36. The van der Waals surface area contributed by atoms with Crippen molar-refractivity contribution in [1.82, 2.24) is 9.88 Å². The standard InChI is InChI=1S/C18H20N2O2S2/c1-14-19-16(13-24-14)12-22-17-4-2-3-15(11-17)5-6-18(21)20-7-9-23-10-8-20/h2-6,11,13H,7-10,12H2,1H3/b6-5+. The van der Waals surface area contributed by atoms with Crippen LogP contribution in [0.3, 0.4) is 0 Å². The van der Waals surface area contributed by atoms with Crippen LogP contribution in [-0.4, -0.2) is 40.4 Å². The highest BCUT2D eigenvalue weighted by Crippen LogP contribution is 2.17. The number of carbonyl (C=O) groups is 1. The molecule has 126 valence electrons. The molecule has 3 rings (SSSR count). The van der Waals surface area contributed by atoms with Crippen molar-refractivity contribution >= 4 is 35.1 Å². The molecule has 1 amide bonds. The average Bonchev–Trinajstić information content (AvgIpc) is 3.04. The van der Waals surface area contributed by atoms with E-state index >= 15 is 0 Å². The Hall–Kier alpha value is -1.79. The number of thiazole rings is 1. The maximum absolute atomic E-state index is 12.2. The fraction of sp³-hybridized carbons (Fsp3) is 0.333. The number of amides is 1. The van der Waals surface area contributed by atoms with Gasteiger partial charge in [-0.1, -0.05) is 12.1 Å². The molecule has 0 N–H and O–H groups in total. The van der Waals surface area contributed by atoms with E-state index in [9.17, 15) is 4.79 Å². The van der Waals surface area contributed by atoms with E-state index in [1.54, 1.807) is 17.4 Å². The van der Waals surface area contributed by atoms with Gasteiger partial charge in [0.2, 0.25) is 5.91 Å². The van der Waals surface area contributed by atoms with Crippen molar-refractivity contribution in [3.05, 3.63) is 52.0 Å². The molecule has 0 spiro atoms. The molecule has 0 atom stereocenters. The molecule has 0 aliphatic carbocycles. The predicted octanol–water partition coefficient (Wildman–Crippen LogP) is 3.62. The van der Waals surface area contributed by atoms with Gasteiger partial charge in [0.1, 0.15) is 12.4 Å². The number of aryl methyl sites for hydroxylation is 1. The molecule has 2 heterocycles. The smallest absolute Gasteiger partial charge is 0.246 e. The number of hydrogen-bond donors (Lipinski definition) is 0. The second-order valence-corrected chi connectivity index (χ2v) is 7.78. The lowest BCUT2D eigenvalue weighted by molar-refractivity contribution is -0.125.